The summed E-state index contributed by atoms with van der Waals surface area (Å²) in [4.78, 5) is 0. The third-order valence-electron chi connectivity index (χ3n) is 1.26. The van der Waals surface area contributed by atoms with Crippen LogP contribution in [-0.4, -0.2) is 0 Å². The van der Waals surface area contributed by atoms with Crippen molar-refractivity contribution in [1.29, 1.82) is 0 Å². The molecular weight excluding hydrogens is 176 g/mol. The molecule has 1 nitrogen and oxygen atoms in total. The highest BCUT2D eigenvalue weighted by Crippen LogP contribution is 2.31. The van der Waals surface area contributed by atoms with Crippen LogP contribution in [0.5, 0.6) is 5.75 Å². The monoisotopic (exact) mass is 179 g/mol. The summed E-state index contributed by atoms with van der Waals surface area (Å²) >= 11 is 0. The van der Waals surface area contributed by atoms with Crippen molar-refractivity contribution in [2.45, 2.75) is 6.18 Å². The first kappa shape index (κ1) is 8.83. The maximum Gasteiger partial charge on any atom is 0.416 e. The number of benzene rings is 1. The lowest BCUT2D eigenvalue weighted by atomic mass is 10.2. The lowest BCUT2D eigenvalue weighted by Crippen LogP contribution is -2.04. The van der Waals surface area contributed by atoms with Gasteiger partial charge in [0, 0.05) is 0 Å². The molecule has 1 aromatic rings. The van der Waals surface area contributed by atoms with E-state index in [1.807, 2.05) is 0 Å². The molecule has 0 unspecified atom stereocenters. The third kappa shape index (κ3) is 1.66. The molecule has 65 valence electrons. The second kappa shape index (κ2) is 2.66. The van der Waals surface area contributed by atoms with Gasteiger partial charge in [-0.25, -0.2) is 4.39 Å². The minimum absolute atomic E-state index is 0.183. The van der Waals surface area contributed by atoms with E-state index in [1.165, 1.54) is 0 Å². The lowest BCUT2D eigenvalue weighted by Gasteiger charge is -2.05. The van der Waals surface area contributed by atoms with Gasteiger partial charge >= 0.3 is 6.18 Å². The van der Waals surface area contributed by atoms with Gasteiger partial charge < -0.3 is 0 Å². The minimum Gasteiger partial charge on any atom is -0.287 e. The van der Waals surface area contributed by atoms with Gasteiger partial charge in [-0.1, -0.05) is 0 Å². The smallest absolute Gasteiger partial charge is 0.287 e. The van der Waals surface area contributed by atoms with Crippen molar-refractivity contribution in [3.05, 3.63) is 29.6 Å². The van der Waals surface area contributed by atoms with E-state index in [9.17, 15) is 22.7 Å². The fourth-order valence-electron chi connectivity index (χ4n) is 0.677. The molecule has 1 aromatic carbocycles. The number of hydrogen-bond acceptors (Lipinski definition) is 0. The zero-order valence-corrected chi connectivity index (χ0v) is 5.65. The van der Waals surface area contributed by atoms with E-state index in [1.54, 1.807) is 0 Å². The summed E-state index contributed by atoms with van der Waals surface area (Å²) in [6, 6.07) is 1.28. The molecule has 12 heavy (non-hydrogen) atoms. The Morgan fingerprint density at radius 1 is 1.17 bits per heavy atom. The normalized spacial score (nSPS) is 11.7. The molecule has 5 heteroatoms. The van der Waals surface area contributed by atoms with Crippen LogP contribution in [0.25, 0.3) is 0 Å². The molecule has 0 aliphatic carbocycles. The van der Waals surface area contributed by atoms with Crippen molar-refractivity contribution >= 4 is 0 Å². The van der Waals surface area contributed by atoms with Crippen molar-refractivity contribution in [2.24, 2.45) is 0 Å². The Balaban J connectivity index is 3.14. The van der Waals surface area contributed by atoms with Crippen LogP contribution in [0.2, 0.25) is 0 Å². The molecule has 1 rings (SSSR count). The first-order valence-electron chi connectivity index (χ1n) is 2.95. The number of alkyl halides is 3. The third-order valence-corrected chi connectivity index (χ3v) is 1.26. The Bertz CT molecular complexity index is 292. The van der Waals surface area contributed by atoms with Gasteiger partial charge in [-0.15, -0.1) is 0 Å². The van der Waals surface area contributed by atoms with E-state index in [-0.39, 0.29) is 6.07 Å². The summed E-state index contributed by atoms with van der Waals surface area (Å²) in [5.41, 5.74) is -1.15. The molecule has 0 aliphatic heterocycles. The SMILES string of the molecule is [O]c1ccc(C(F)(F)F)cc1F. The van der Waals surface area contributed by atoms with Crippen LogP contribution in [-0.2, 0) is 11.3 Å². The largest absolute Gasteiger partial charge is 0.416 e. The molecule has 0 atom stereocenters. The Labute approximate surface area is 65.3 Å². The summed E-state index contributed by atoms with van der Waals surface area (Å²) in [6.07, 6.45) is -4.60. The fraction of sp³-hybridized carbons (Fsp3) is 0.143. The van der Waals surface area contributed by atoms with E-state index in [4.69, 9.17) is 0 Å². The van der Waals surface area contributed by atoms with Gasteiger partial charge in [0.05, 0.1) is 5.56 Å². The van der Waals surface area contributed by atoms with Crippen molar-refractivity contribution in [3.63, 3.8) is 0 Å². The highest BCUT2D eigenvalue weighted by Gasteiger charge is 2.31. The maximum absolute atomic E-state index is 12.3. The van der Waals surface area contributed by atoms with Gasteiger partial charge in [-0.2, -0.15) is 13.2 Å². The Morgan fingerprint density at radius 3 is 2.17 bits per heavy atom. The van der Waals surface area contributed by atoms with Crippen LogP contribution < -0.4 is 0 Å². The summed E-state index contributed by atoms with van der Waals surface area (Å²) in [5, 5.41) is 10.4. The number of hydrogen-bond donors (Lipinski definition) is 0. The van der Waals surface area contributed by atoms with E-state index in [2.05, 4.69) is 0 Å². The average Bonchev–Trinajstić information content (AvgIpc) is 1.92. The molecule has 1 radical (unpaired) electrons. The number of rotatable bonds is 0. The van der Waals surface area contributed by atoms with Gasteiger partial charge in [-0.3, -0.25) is 5.11 Å². The first-order valence-corrected chi connectivity index (χ1v) is 2.95. The molecule has 0 bridgehead atoms. The second-order valence-corrected chi connectivity index (χ2v) is 2.14. The van der Waals surface area contributed by atoms with Gasteiger partial charge in [0.15, 0.2) is 5.82 Å². The Hall–Kier alpha value is -1.26. The highest BCUT2D eigenvalue weighted by atomic mass is 19.4. The van der Waals surface area contributed by atoms with Crippen LogP contribution in [0.4, 0.5) is 17.6 Å². The molecule has 0 saturated carbocycles. The highest BCUT2D eigenvalue weighted by molar-refractivity contribution is 5.29. The fourth-order valence-corrected chi connectivity index (χ4v) is 0.677. The predicted molar refractivity (Wildman–Crippen MR) is 31.5 cm³/mol. The van der Waals surface area contributed by atoms with Crippen LogP contribution >= 0.6 is 0 Å². The number of halogens is 4. The topological polar surface area (TPSA) is 19.9 Å². The zero-order valence-electron chi connectivity index (χ0n) is 5.65. The average molecular weight is 179 g/mol. The molecule has 0 heterocycles. The standard InChI is InChI=1S/C7H3F4O/c8-5-3-4(7(9,10)11)1-2-6(5)12/h1-3H. The zero-order chi connectivity index (χ0) is 9.35. The van der Waals surface area contributed by atoms with E-state index in [0.29, 0.717) is 12.1 Å². The van der Waals surface area contributed by atoms with Crippen LogP contribution in [0.1, 0.15) is 5.56 Å². The van der Waals surface area contributed by atoms with Crippen molar-refractivity contribution < 1.29 is 22.7 Å². The van der Waals surface area contributed by atoms with E-state index in [0.717, 1.165) is 0 Å². The van der Waals surface area contributed by atoms with Crippen molar-refractivity contribution in [1.82, 2.24) is 0 Å². The van der Waals surface area contributed by atoms with Gasteiger partial charge in [0.25, 0.3) is 0 Å². The van der Waals surface area contributed by atoms with Crippen molar-refractivity contribution in [2.75, 3.05) is 0 Å². The van der Waals surface area contributed by atoms with Crippen molar-refractivity contribution in [3.8, 4) is 5.75 Å². The van der Waals surface area contributed by atoms with E-state index >= 15 is 0 Å². The maximum atomic E-state index is 12.3. The van der Waals surface area contributed by atoms with Gasteiger partial charge in [-0.05, 0) is 18.2 Å². The summed E-state index contributed by atoms with van der Waals surface area (Å²) in [5.74, 6) is -2.42. The molecule has 0 aromatic heterocycles. The molecule has 0 fully saturated rings. The molecule has 0 saturated heterocycles. The Kier molecular flexibility index (Phi) is 1.95. The summed E-state index contributed by atoms with van der Waals surface area (Å²) in [7, 11) is 0. The Morgan fingerprint density at radius 2 is 1.75 bits per heavy atom. The van der Waals surface area contributed by atoms with Gasteiger partial charge in [0.2, 0.25) is 5.75 Å². The molecule has 0 spiro atoms. The quantitative estimate of drug-likeness (QED) is 0.545. The van der Waals surface area contributed by atoms with Crippen LogP contribution in [0.3, 0.4) is 0 Å². The molecule has 0 aliphatic rings. The summed E-state index contributed by atoms with van der Waals surface area (Å²) < 4.78 is 47.8. The van der Waals surface area contributed by atoms with Crippen LogP contribution in [0.15, 0.2) is 18.2 Å². The van der Waals surface area contributed by atoms with Gasteiger partial charge in [0.1, 0.15) is 0 Å². The predicted octanol–water partition coefficient (Wildman–Crippen LogP) is 2.99. The first-order chi connectivity index (χ1) is 5.41. The minimum atomic E-state index is -4.60. The second-order valence-electron chi connectivity index (χ2n) is 2.14. The molecular formula is C7H3F4O. The van der Waals surface area contributed by atoms with Crippen LogP contribution in [0, 0.1) is 5.82 Å². The molecule has 0 amide bonds. The van der Waals surface area contributed by atoms with E-state index < -0.39 is 23.3 Å². The lowest BCUT2D eigenvalue weighted by molar-refractivity contribution is -0.137. The summed E-state index contributed by atoms with van der Waals surface area (Å²) in [6.45, 7) is 0. The molecule has 0 N–H and O–H groups in total.